The molecule has 0 radical (unpaired) electrons. The van der Waals surface area contributed by atoms with Gasteiger partial charge in [-0.3, -0.25) is 4.79 Å². The maximum Gasteiger partial charge on any atom is 0.302 e. The number of carbonyl (C=O) groups is 1. The smallest absolute Gasteiger partial charge is 0.302 e. The van der Waals surface area contributed by atoms with Gasteiger partial charge in [0.2, 0.25) is 0 Å². The highest BCUT2D eigenvalue weighted by Gasteiger charge is 2.86. The summed E-state index contributed by atoms with van der Waals surface area (Å²) < 4.78 is 18.1. The van der Waals surface area contributed by atoms with Gasteiger partial charge in [-0.15, -0.1) is 0 Å². The van der Waals surface area contributed by atoms with Gasteiger partial charge in [-0.05, 0) is 39.0 Å². The lowest BCUT2D eigenvalue weighted by atomic mass is 9.40. The number of rotatable bonds is 1. The minimum atomic E-state index is -0.202. The first-order chi connectivity index (χ1) is 10.0. The van der Waals surface area contributed by atoms with Gasteiger partial charge < -0.3 is 14.2 Å². The Morgan fingerprint density at radius 1 is 1.38 bits per heavy atom. The molecule has 4 fully saturated rings. The second-order valence-corrected chi connectivity index (χ2v) is 7.76. The normalized spacial score (nSPS) is 56.1. The van der Waals surface area contributed by atoms with Gasteiger partial charge in [0, 0.05) is 17.8 Å². The lowest BCUT2D eigenvalue weighted by Gasteiger charge is -2.66. The van der Waals surface area contributed by atoms with Crippen LogP contribution in [0.4, 0.5) is 0 Å². The maximum absolute atomic E-state index is 11.5. The lowest BCUT2D eigenvalue weighted by Crippen LogP contribution is -2.69. The quantitative estimate of drug-likeness (QED) is 0.422. The number of hydrogen-bond acceptors (Lipinski definition) is 4. The molecule has 0 aromatic rings. The van der Waals surface area contributed by atoms with Crippen LogP contribution in [-0.4, -0.2) is 36.5 Å². The molecule has 3 aliphatic carbocycles. The van der Waals surface area contributed by atoms with Gasteiger partial charge in [-0.2, -0.15) is 0 Å². The van der Waals surface area contributed by atoms with Crippen LogP contribution < -0.4 is 0 Å². The van der Waals surface area contributed by atoms with Crippen molar-refractivity contribution in [1.82, 2.24) is 0 Å². The Bertz CT molecular complexity index is 563. The van der Waals surface area contributed by atoms with Gasteiger partial charge in [-0.25, -0.2) is 0 Å². The number of allylic oxidation sites excluding steroid dienone is 1. The number of ether oxygens (including phenoxy) is 3. The Kier molecular flexibility index (Phi) is 2.13. The third-order valence-electron chi connectivity index (χ3n) is 7.12. The van der Waals surface area contributed by atoms with E-state index in [1.165, 1.54) is 38.2 Å². The van der Waals surface area contributed by atoms with Gasteiger partial charge in [0.1, 0.15) is 17.8 Å². The van der Waals surface area contributed by atoms with E-state index < -0.39 is 0 Å². The highest BCUT2D eigenvalue weighted by atomic mass is 16.7. The van der Waals surface area contributed by atoms with Crippen molar-refractivity contribution in [1.29, 1.82) is 0 Å². The van der Waals surface area contributed by atoms with E-state index in [0.717, 1.165) is 13.0 Å². The molecule has 2 bridgehead atoms. The summed E-state index contributed by atoms with van der Waals surface area (Å²) >= 11 is 0. The van der Waals surface area contributed by atoms with Crippen molar-refractivity contribution in [2.24, 2.45) is 10.8 Å². The summed E-state index contributed by atoms with van der Waals surface area (Å²) in [5, 5.41) is 0. The van der Waals surface area contributed by atoms with E-state index in [1.807, 2.05) is 0 Å². The minimum Gasteiger partial charge on any atom is -0.460 e. The first kappa shape index (κ1) is 12.7. The lowest BCUT2D eigenvalue weighted by molar-refractivity contribution is -0.258. The molecular formula is C17H22O4. The van der Waals surface area contributed by atoms with Crippen molar-refractivity contribution in [3.05, 3.63) is 11.6 Å². The van der Waals surface area contributed by atoms with E-state index in [2.05, 4.69) is 13.0 Å². The summed E-state index contributed by atoms with van der Waals surface area (Å²) in [5.74, 6) is -0.202. The first-order valence-electron chi connectivity index (χ1n) is 8.17. The van der Waals surface area contributed by atoms with Crippen LogP contribution in [-0.2, 0) is 19.0 Å². The van der Waals surface area contributed by atoms with Gasteiger partial charge in [-0.1, -0.05) is 11.6 Å². The fourth-order valence-corrected chi connectivity index (χ4v) is 6.08. The Morgan fingerprint density at radius 2 is 2.19 bits per heavy atom. The third kappa shape index (κ3) is 1.21. The largest absolute Gasteiger partial charge is 0.460 e. The Hall–Kier alpha value is -0.870. The van der Waals surface area contributed by atoms with Crippen LogP contribution >= 0.6 is 0 Å². The molecule has 4 nitrogen and oxygen atoms in total. The fraction of sp³-hybridized carbons (Fsp3) is 0.824. The molecule has 4 heteroatoms. The predicted molar refractivity (Wildman–Crippen MR) is 74.6 cm³/mol. The number of esters is 1. The van der Waals surface area contributed by atoms with Crippen LogP contribution in [0.1, 0.15) is 46.0 Å². The van der Waals surface area contributed by atoms with Crippen LogP contribution in [0.25, 0.3) is 0 Å². The molecule has 2 saturated carbocycles. The van der Waals surface area contributed by atoms with Crippen molar-refractivity contribution in [3.63, 3.8) is 0 Å². The Balaban J connectivity index is 1.60. The minimum absolute atomic E-state index is 0.0676. The molecule has 114 valence electrons. The van der Waals surface area contributed by atoms with E-state index in [9.17, 15) is 4.79 Å². The molecule has 6 atom stereocenters. The summed E-state index contributed by atoms with van der Waals surface area (Å²) in [6, 6.07) is 0. The van der Waals surface area contributed by atoms with Crippen molar-refractivity contribution >= 4 is 5.97 Å². The summed E-state index contributed by atoms with van der Waals surface area (Å²) in [6.45, 7) is 4.48. The van der Waals surface area contributed by atoms with Crippen LogP contribution in [0, 0.1) is 10.8 Å². The molecule has 0 unspecified atom stereocenters. The van der Waals surface area contributed by atoms with E-state index in [-0.39, 0.29) is 40.7 Å². The molecule has 5 aliphatic rings. The van der Waals surface area contributed by atoms with Crippen LogP contribution in [0.2, 0.25) is 0 Å². The van der Waals surface area contributed by atoms with Crippen molar-refractivity contribution in [3.8, 4) is 0 Å². The molecule has 0 aromatic carbocycles. The topological polar surface area (TPSA) is 48.1 Å². The van der Waals surface area contributed by atoms with Crippen LogP contribution in [0.3, 0.4) is 0 Å². The van der Waals surface area contributed by atoms with Crippen molar-refractivity contribution in [2.75, 3.05) is 6.61 Å². The zero-order valence-corrected chi connectivity index (χ0v) is 12.7. The third-order valence-corrected chi connectivity index (χ3v) is 7.12. The van der Waals surface area contributed by atoms with Gasteiger partial charge >= 0.3 is 5.97 Å². The molecule has 2 aliphatic heterocycles. The van der Waals surface area contributed by atoms with Gasteiger partial charge in [0.05, 0.1) is 12.7 Å². The van der Waals surface area contributed by atoms with E-state index in [1.54, 1.807) is 0 Å². The molecule has 0 aromatic heterocycles. The van der Waals surface area contributed by atoms with Gasteiger partial charge in [0.25, 0.3) is 0 Å². The summed E-state index contributed by atoms with van der Waals surface area (Å²) in [5.41, 5.74) is 1.70. The number of epoxide rings is 1. The van der Waals surface area contributed by atoms with Crippen LogP contribution in [0.5, 0.6) is 0 Å². The van der Waals surface area contributed by atoms with E-state index in [0.29, 0.717) is 0 Å². The zero-order chi connectivity index (χ0) is 14.5. The monoisotopic (exact) mass is 290 g/mol. The molecule has 3 spiro atoms. The van der Waals surface area contributed by atoms with E-state index in [4.69, 9.17) is 14.2 Å². The average Bonchev–Trinajstić information content (AvgIpc) is 3.14. The highest BCUT2D eigenvalue weighted by Crippen LogP contribution is 2.80. The Labute approximate surface area is 124 Å². The molecule has 5 rings (SSSR count). The zero-order valence-electron chi connectivity index (χ0n) is 12.7. The standard InChI is InChI=1S/C17H22O4/c1-10-3-4-15-5-6-16(15)8-12(20-11(2)18)14(17(16)9-19-17)21-13(15)7-10/h7,12-14H,3-6,8-9H2,1-2H3/t12-,13-,14-,15-,16-,17+/m1/s1. The first-order valence-corrected chi connectivity index (χ1v) is 8.17. The maximum atomic E-state index is 11.5. The summed E-state index contributed by atoms with van der Waals surface area (Å²) in [7, 11) is 0. The van der Waals surface area contributed by atoms with E-state index >= 15 is 0 Å². The second-order valence-electron chi connectivity index (χ2n) is 7.76. The average molecular weight is 290 g/mol. The molecular weight excluding hydrogens is 268 g/mol. The Morgan fingerprint density at radius 3 is 2.81 bits per heavy atom. The number of carbonyl (C=O) groups excluding carboxylic acids is 1. The SMILES string of the molecule is CC(=O)O[C@@H]1C[C@]23CC[C@@]24CCC(C)=C[C@H]4O[C@H]1[C@@]31CO1. The van der Waals surface area contributed by atoms with Crippen LogP contribution in [0.15, 0.2) is 11.6 Å². The highest BCUT2D eigenvalue weighted by molar-refractivity contribution is 5.66. The predicted octanol–water partition coefficient (Wildman–Crippen LogP) is 2.36. The molecule has 2 saturated heterocycles. The fourth-order valence-electron chi connectivity index (χ4n) is 6.08. The van der Waals surface area contributed by atoms with Crippen molar-refractivity contribution in [2.45, 2.75) is 69.9 Å². The molecule has 0 N–H and O–H groups in total. The van der Waals surface area contributed by atoms with Crippen molar-refractivity contribution < 1.29 is 19.0 Å². The summed E-state index contributed by atoms with van der Waals surface area (Å²) in [6.07, 6.45) is 8.06. The number of hydrogen-bond donors (Lipinski definition) is 0. The molecule has 21 heavy (non-hydrogen) atoms. The summed E-state index contributed by atoms with van der Waals surface area (Å²) in [4.78, 5) is 11.5. The second kappa shape index (κ2) is 3.54. The van der Waals surface area contributed by atoms with Gasteiger partial charge in [0.15, 0.2) is 0 Å². The molecule has 0 amide bonds. The molecule has 2 heterocycles.